The Labute approximate surface area is 146 Å². The lowest BCUT2D eigenvalue weighted by atomic mass is 9.53. The first-order valence-electron chi connectivity index (χ1n) is 9.47. The Morgan fingerprint density at radius 2 is 2.08 bits per heavy atom. The van der Waals surface area contributed by atoms with Crippen LogP contribution in [-0.2, 0) is 4.74 Å². The summed E-state index contributed by atoms with van der Waals surface area (Å²) in [4.78, 5) is 18.7. The van der Waals surface area contributed by atoms with Gasteiger partial charge in [-0.3, -0.25) is 0 Å². The number of ether oxygens (including phenoxy) is 1. The number of hydrogen-bond acceptors (Lipinski definition) is 6. The third kappa shape index (κ3) is 2.63. The Hall–Kier alpha value is -1.63. The van der Waals surface area contributed by atoms with E-state index in [1.54, 1.807) is 11.8 Å². The third-order valence-electron chi connectivity index (χ3n) is 6.73. The van der Waals surface area contributed by atoms with Gasteiger partial charge >= 0.3 is 6.09 Å². The zero-order chi connectivity index (χ0) is 17.2. The Bertz CT molecular complexity index is 674. The lowest BCUT2D eigenvalue weighted by Crippen LogP contribution is -2.58. The maximum absolute atomic E-state index is 12.7. The quantitative estimate of drug-likeness (QED) is 0.883. The van der Waals surface area contributed by atoms with Crippen LogP contribution in [0.3, 0.4) is 0 Å². The summed E-state index contributed by atoms with van der Waals surface area (Å²) in [6.07, 6.45) is 5.32. The lowest BCUT2D eigenvalue weighted by molar-refractivity contribution is -0.177. The zero-order valence-electron chi connectivity index (χ0n) is 14.6. The van der Waals surface area contributed by atoms with Crippen molar-refractivity contribution in [2.45, 2.75) is 63.1 Å². The highest BCUT2D eigenvalue weighted by molar-refractivity contribution is 5.68. The van der Waals surface area contributed by atoms with Gasteiger partial charge in [0.2, 0.25) is 5.89 Å². The highest BCUT2D eigenvalue weighted by Crippen LogP contribution is 2.56. The van der Waals surface area contributed by atoms with Gasteiger partial charge in [-0.1, -0.05) is 5.16 Å². The van der Waals surface area contributed by atoms with Crippen molar-refractivity contribution in [1.82, 2.24) is 15.0 Å². The number of aliphatic hydroxyl groups is 1. The fraction of sp³-hybridized carbons (Fsp3) is 0.833. The molecule has 6 rings (SSSR count). The van der Waals surface area contributed by atoms with E-state index in [0.29, 0.717) is 42.6 Å². The molecule has 4 aliphatic carbocycles. The SMILES string of the molecule is Cc1noc(C2CCN(C(=O)OC3C4CC5CC3CC(O)(C5)C4)C2)n1. The maximum atomic E-state index is 12.7. The first-order chi connectivity index (χ1) is 12.0. The lowest BCUT2D eigenvalue weighted by Gasteiger charge is -2.57. The smallest absolute Gasteiger partial charge is 0.410 e. The molecule has 1 aromatic rings. The Balaban J connectivity index is 1.23. The second-order valence-electron chi connectivity index (χ2n) is 8.65. The zero-order valence-corrected chi connectivity index (χ0v) is 14.6. The van der Waals surface area contributed by atoms with Gasteiger partial charge in [-0.25, -0.2) is 4.79 Å². The van der Waals surface area contributed by atoms with Crippen LogP contribution in [0.1, 0.15) is 56.2 Å². The van der Waals surface area contributed by atoms with Crippen molar-refractivity contribution in [3.8, 4) is 0 Å². The van der Waals surface area contributed by atoms with Crippen molar-refractivity contribution in [3.63, 3.8) is 0 Å². The van der Waals surface area contributed by atoms with E-state index in [0.717, 1.165) is 38.5 Å². The van der Waals surface area contributed by atoms with Crippen molar-refractivity contribution in [1.29, 1.82) is 0 Å². The molecule has 5 fully saturated rings. The van der Waals surface area contributed by atoms with Crippen LogP contribution in [-0.4, -0.2) is 51.0 Å². The summed E-state index contributed by atoms with van der Waals surface area (Å²) < 4.78 is 11.2. The molecular weight excluding hydrogens is 322 g/mol. The van der Waals surface area contributed by atoms with Crippen molar-refractivity contribution < 1.29 is 19.2 Å². The minimum atomic E-state index is -0.492. The second-order valence-corrected chi connectivity index (χ2v) is 8.65. The summed E-state index contributed by atoms with van der Waals surface area (Å²) in [7, 11) is 0. The minimum Gasteiger partial charge on any atom is -0.446 e. The first-order valence-corrected chi connectivity index (χ1v) is 9.47. The molecule has 0 spiro atoms. The van der Waals surface area contributed by atoms with Crippen LogP contribution >= 0.6 is 0 Å². The molecule has 1 aliphatic heterocycles. The molecule has 4 saturated carbocycles. The van der Waals surface area contributed by atoms with Crippen LogP contribution in [0, 0.1) is 24.7 Å². The van der Waals surface area contributed by atoms with Gasteiger partial charge < -0.3 is 19.3 Å². The Kier molecular flexibility index (Phi) is 3.39. The number of aryl methyl sites for hydroxylation is 1. The molecule has 1 amide bonds. The minimum absolute atomic E-state index is 0.0194. The molecule has 3 atom stereocenters. The largest absolute Gasteiger partial charge is 0.446 e. The van der Waals surface area contributed by atoms with E-state index < -0.39 is 5.60 Å². The van der Waals surface area contributed by atoms with E-state index in [1.807, 2.05) is 0 Å². The average molecular weight is 347 g/mol. The fourth-order valence-corrected chi connectivity index (χ4v) is 5.92. The third-order valence-corrected chi connectivity index (χ3v) is 6.73. The standard InChI is InChI=1S/C18H25N3O4/c1-10-19-16(25-20-10)12-2-3-21(9-12)17(22)24-15-13-4-11-5-14(15)8-18(23,6-11)7-13/h11-15,23H,2-9H2,1H3. The molecule has 7 heteroatoms. The summed E-state index contributed by atoms with van der Waals surface area (Å²) in [6.45, 7) is 3.04. The number of nitrogens with zero attached hydrogens (tertiary/aromatic N) is 3. The van der Waals surface area contributed by atoms with Crippen LogP contribution in [0.15, 0.2) is 4.52 Å². The van der Waals surface area contributed by atoms with Crippen LogP contribution in [0.25, 0.3) is 0 Å². The first kappa shape index (κ1) is 15.6. The van der Waals surface area contributed by atoms with Gasteiger partial charge in [-0.2, -0.15) is 4.98 Å². The number of rotatable bonds is 2. The molecule has 25 heavy (non-hydrogen) atoms. The number of amides is 1. The predicted molar refractivity (Wildman–Crippen MR) is 86.7 cm³/mol. The molecule has 7 nitrogen and oxygen atoms in total. The maximum Gasteiger partial charge on any atom is 0.410 e. The number of carbonyl (C=O) groups excluding carboxylic acids is 1. The summed E-state index contributed by atoms with van der Waals surface area (Å²) in [6, 6.07) is 0. The van der Waals surface area contributed by atoms with E-state index >= 15 is 0 Å². The highest BCUT2D eigenvalue weighted by Gasteiger charge is 2.56. The second kappa shape index (κ2) is 5.43. The average Bonchev–Trinajstić information content (AvgIpc) is 3.18. The molecule has 5 aliphatic rings. The van der Waals surface area contributed by atoms with E-state index in [4.69, 9.17) is 9.26 Å². The molecule has 136 valence electrons. The fourth-order valence-electron chi connectivity index (χ4n) is 5.92. The summed E-state index contributed by atoms with van der Waals surface area (Å²) >= 11 is 0. The number of hydrogen-bond donors (Lipinski definition) is 1. The van der Waals surface area contributed by atoms with E-state index in [1.165, 1.54) is 0 Å². The van der Waals surface area contributed by atoms with Gasteiger partial charge in [0.1, 0.15) is 6.10 Å². The van der Waals surface area contributed by atoms with Crippen LogP contribution < -0.4 is 0 Å². The van der Waals surface area contributed by atoms with Crippen LogP contribution in [0.4, 0.5) is 4.79 Å². The molecule has 2 heterocycles. The predicted octanol–water partition coefficient (Wildman–Crippen LogP) is 2.24. The summed E-state index contributed by atoms with van der Waals surface area (Å²) in [5.74, 6) is 2.63. The van der Waals surface area contributed by atoms with Crippen LogP contribution in [0.2, 0.25) is 0 Å². The Morgan fingerprint density at radius 1 is 1.32 bits per heavy atom. The van der Waals surface area contributed by atoms with E-state index in [-0.39, 0.29) is 18.1 Å². The number of likely N-dealkylation sites (tertiary alicyclic amines) is 1. The Morgan fingerprint density at radius 3 is 2.72 bits per heavy atom. The molecule has 3 unspecified atom stereocenters. The van der Waals surface area contributed by atoms with E-state index in [2.05, 4.69) is 10.1 Å². The number of carbonyl (C=O) groups is 1. The molecule has 0 aromatic carbocycles. The monoisotopic (exact) mass is 347 g/mol. The van der Waals surface area contributed by atoms with Gasteiger partial charge in [0.05, 0.1) is 11.5 Å². The molecular formula is C18H25N3O4. The van der Waals surface area contributed by atoms with Crippen LogP contribution in [0.5, 0.6) is 0 Å². The van der Waals surface area contributed by atoms with Crippen molar-refractivity contribution in [2.24, 2.45) is 17.8 Å². The van der Waals surface area contributed by atoms with Crippen molar-refractivity contribution in [2.75, 3.05) is 13.1 Å². The normalized spacial score (nSPS) is 42.2. The van der Waals surface area contributed by atoms with Gasteiger partial charge in [0, 0.05) is 13.1 Å². The van der Waals surface area contributed by atoms with Gasteiger partial charge in [0.25, 0.3) is 0 Å². The number of aromatic nitrogens is 2. The highest BCUT2D eigenvalue weighted by atomic mass is 16.6. The summed E-state index contributed by atoms with van der Waals surface area (Å²) in [5.41, 5.74) is -0.492. The molecule has 1 aromatic heterocycles. The van der Waals surface area contributed by atoms with Gasteiger partial charge in [0.15, 0.2) is 5.82 Å². The summed E-state index contributed by atoms with van der Waals surface area (Å²) in [5, 5.41) is 14.5. The van der Waals surface area contributed by atoms with E-state index in [9.17, 15) is 9.90 Å². The molecule has 0 radical (unpaired) electrons. The van der Waals surface area contributed by atoms with Crippen molar-refractivity contribution >= 4 is 6.09 Å². The molecule has 1 saturated heterocycles. The van der Waals surface area contributed by atoms with Gasteiger partial charge in [-0.05, 0) is 63.2 Å². The molecule has 4 bridgehead atoms. The molecule has 1 N–H and O–H groups in total. The van der Waals surface area contributed by atoms with Crippen molar-refractivity contribution in [3.05, 3.63) is 11.7 Å². The van der Waals surface area contributed by atoms with Gasteiger partial charge in [-0.15, -0.1) is 0 Å². The topological polar surface area (TPSA) is 88.7 Å².